The Morgan fingerprint density at radius 2 is 2.04 bits per heavy atom. The van der Waals surface area contributed by atoms with Crippen LogP contribution < -0.4 is 9.47 Å². The molecule has 7 nitrogen and oxygen atoms in total. The molecular weight excluding hydrogens is 338 g/mol. The summed E-state index contributed by atoms with van der Waals surface area (Å²) in [6.07, 6.45) is 1.69. The van der Waals surface area contributed by atoms with Crippen molar-refractivity contribution in [2.75, 3.05) is 27.4 Å². The number of Topliss-reactive ketones (excluding diaryl/α,β-unsaturated/α-hetero) is 1. The van der Waals surface area contributed by atoms with Gasteiger partial charge < -0.3 is 24.2 Å². The third-order valence-corrected chi connectivity index (χ3v) is 4.83. The van der Waals surface area contributed by atoms with Gasteiger partial charge in [0, 0.05) is 13.2 Å². The average molecular weight is 361 g/mol. The molecule has 2 aliphatic rings. The van der Waals surface area contributed by atoms with E-state index < -0.39 is 17.7 Å². The number of carbonyl (C=O) groups is 2. The number of rotatable bonds is 6. The van der Waals surface area contributed by atoms with E-state index in [1.807, 2.05) is 0 Å². The van der Waals surface area contributed by atoms with Crippen molar-refractivity contribution in [3.8, 4) is 11.5 Å². The molecule has 1 amide bonds. The summed E-state index contributed by atoms with van der Waals surface area (Å²) in [7, 11) is 3.05. The second-order valence-corrected chi connectivity index (χ2v) is 6.43. The van der Waals surface area contributed by atoms with Crippen molar-refractivity contribution in [1.82, 2.24) is 4.90 Å². The van der Waals surface area contributed by atoms with E-state index in [4.69, 9.17) is 14.2 Å². The lowest BCUT2D eigenvalue weighted by Crippen LogP contribution is -2.37. The molecule has 0 aliphatic carbocycles. The maximum atomic E-state index is 12.6. The van der Waals surface area contributed by atoms with Crippen LogP contribution in [0.25, 0.3) is 0 Å². The molecule has 0 spiro atoms. The molecule has 2 aliphatic heterocycles. The Morgan fingerprint density at radius 3 is 2.62 bits per heavy atom. The van der Waals surface area contributed by atoms with Gasteiger partial charge in [-0.05, 0) is 37.5 Å². The van der Waals surface area contributed by atoms with Gasteiger partial charge in [0.25, 0.3) is 5.91 Å². The fourth-order valence-electron chi connectivity index (χ4n) is 3.58. The van der Waals surface area contributed by atoms with Crippen LogP contribution in [0.1, 0.15) is 31.4 Å². The number of aliphatic hydroxyl groups is 1. The Kier molecular flexibility index (Phi) is 5.18. The molecule has 0 unspecified atom stereocenters. The van der Waals surface area contributed by atoms with E-state index in [9.17, 15) is 14.7 Å². The maximum Gasteiger partial charge on any atom is 0.290 e. The molecule has 1 aromatic rings. The minimum Gasteiger partial charge on any atom is -0.503 e. The SMILES string of the molecule is COc1ccc([C@@H]2C(C(C)=O)=C(O)C(=O)N2C[C@@H]2CCCO2)cc1OC. The van der Waals surface area contributed by atoms with Gasteiger partial charge in [-0.1, -0.05) is 6.07 Å². The first-order chi connectivity index (χ1) is 12.5. The highest BCUT2D eigenvalue weighted by atomic mass is 16.5. The predicted octanol–water partition coefficient (Wildman–Crippen LogP) is 2.17. The molecule has 1 N–H and O–H groups in total. The number of hydrogen-bond acceptors (Lipinski definition) is 6. The summed E-state index contributed by atoms with van der Waals surface area (Å²) in [4.78, 5) is 26.3. The smallest absolute Gasteiger partial charge is 0.290 e. The highest BCUT2D eigenvalue weighted by Gasteiger charge is 2.43. The number of amides is 1. The van der Waals surface area contributed by atoms with Gasteiger partial charge in [-0.15, -0.1) is 0 Å². The second kappa shape index (κ2) is 7.37. The quantitative estimate of drug-likeness (QED) is 0.836. The van der Waals surface area contributed by atoms with E-state index in [2.05, 4.69) is 0 Å². The Morgan fingerprint density at radius 1 is 1.31 bits per heavy atom. The Hall–Kier alpha value is -2.54. The number of benzene rings is 1. The first-order valence-corrected chi connectivity index (χ1v) is 8.56. The van der Waals surface area contributed by atoms with Crippen LogP contribution in [0.15, 0.2) is 29.5 Å². The van der Waals surface area contributed by atoms with Gasteiger partial charge in [0.2, 0.25) is 0 Å². The third kappa shape index (κ3) is 3.14. The van der Waals surface area contributed by atoms with Crippen LogP contribution in [0.4, 0.5) is 0 Å². The van der Waals surface area contributed by atoms with Crippen LogP contribution in [0, 0.1) is 0 Å². The van der Waals surface area contributed by atoms with Gasteiger partial charge in [-0.3, -0.25) is 9.59 Å². The van der Waals surface area contributed by atoms with Crippen molar-refractivity contribution < 1.29 is 28.9 Å². The molecule has 1 fully saturated rings. The van der Waals surface area contributed by atoms with E-state index in [0.29, 0.717) is 30.2 Å². The molecular formula is C19H23NO6. The molecule has 0 saturated carbocycles. The highest BCUT2D eigenvalue weighted by molar-refractivity contribution is 6.08. The number of hydrogen-bond donors (Lipinski definition) is 1. The van der Waals surface area contributed by atoms with Gasteiger partial charge >= 0.3 is 0 Å². The molecule has 7 heteroatoms. The van der Waals surface area contributed by atoms with Crippen LogP contribution in [-0.2, 0) is 14.3 Å². The fourth-order valence-corrected chi connectivity index (χ4v) is 3.58. The van der Waals surface area contributed by atoms with Crippen LogP contribution in [-0.4, -0.2) is 55.2 Å². The van der Waals surface area contributed by atoms with Gasteiger partial charge in [-0.2, -0.15) is 0 Å². The number of nitrogens with zero attached hydrogens (tertiary/aromatic N) is 1. The zero-order chi connectivity index (χ0) is 18.8. The van der Waals surface area contributed by atoms with Crippen molar-refractivity contribution in [1.29, 1.82) is 0 Å². The third-order valence-electron chi connectivity index (χ3n) is 4.83. The molecule has 0 bridgehead atoms. The molecule has 1 aromatic carbocycles. The predicted molar refractivity (Wildman–Crippen MR) is 93.3 cm³/mol. The Bertz CT molecular complexity index is 750. The van der Waals surface area contributed by atoms with Crippen molar-refractivity contribution in [2.24, 2.45) is 0 Å². The summed E-state index contributed by atoms with van der Waals surface area (Å²) < 4.78 is 16.2. The van der Waals surface area contributed by atoms with Crippen LogP contribution in [0.3, 0.4) is 0 Å². The lowest BCUT2D eigenvalue weighted by molar-refractivity contribution is -0.131. The second-order valence-electron chi connectivity index (χ2n) is 6.43. The first-order valence-electron chi connectivity index (χ1n) is 8.56. The zero-order valence-corrected chi connectivity index (χ0v) is 15.2. The number of methoxy groups -OCH3 is 2. The van der Waals surface area contributed by atoms with E-state index in [-0.39, 0.29) is 17.5 Å². The fraction of sp³-hybridized carbons (Fsp3) is 0.474. The van der Waals surface area contributed by atoms with Gasteiger partial charge in [0.15, 0.2) is 23.0 Å². The highest BCUT2D eigenvalue weighted by Crippen LogP contribution is 2.41. The van der Waals surface area contributed by atoms with Crippen molar-refractivity contribution in [3.05, 3.63) is 35.1 Å². The summed E-state index contributed by atoms with van der Waals surface area (Å²) in [5.74, 6) is -0.348. The standard InChI is InChI=1S/C19H23NO6/c1-11(21)16-17(12-6-7-14(24-2)15(9-12)25-3)20(19(23)18(16)22)10-13-5-4-8-26-13/h6-7,9,13,17,22H,4-5,8,10H2,1-3H3/t13-,17+/m0/s1. The van der Waals surface area contributed by atoms with Crippen LogP contribution in [0.5, 0.6) is 11.5 Å². The van der Waals surface area contributed by atoms with Crippen molar-refractivity contribution >= 4 is 11.7 Å². The summed E-state index contributed by atoms with van der Waals surface area (Å²) >= 11 is 0. The number of ketones is 1. The Labute approximate surface area is 152 Å². The molecule has 2 heterocycles. The van der Waals surface area contributed by atoms with E-state index in [0.717, 1.165) is 12.8 Å². The van der Waals surface area contributed by atoms with Crippen molar-refractivity contribution in [3.63, 3.8) is 0 Å². The largest absolute Gasteiger partial charge is 0.503 e. The molecule has 1 saturated heterocycles. The average Bonchev–Trinajstić information content (AvgIpc) is 3.23. The Balaban J connectivity index is 2.02. The van der Waals surface area contributed by atoms with Gasteiger partial charge in [-0.25, -0.2) is 0 Å². The van der Waals surface area contributed by atoms with Crippen LogP contribution >= 0.6 is 0 Å². The lowest BCUT2D eigenvalue weighted by atomic mass is 9.96. The van der Waals surface area contributed by atoms with E-state index in [1.54, 1.807) is 18.2 Å². The number of carbonyl (C=O) groups excluding carboxylic acids is 2. The number of aliphatic hydroxyl groups excluding tert-OH is 1. The normalized spacial score (nSPS) is 22.9. The molecule has 26 heavy (non-hydrogen) atoms. The zero-order valence-electron chi connectivity index (χ0n) is 15.2. The maximum absolute atomic E-state index is 12.6. The summed E-state index contributed by atoms with van der Waals surface area (Å²) in [5.41, 5.74) is 0.767. The van der Waals surface area contributed by atoms with E-state index in [1.165, 1.54) is 26.0 Å². The van der Waals surface area contributed by atoms with Gasteiger partial charge in [0.1, 0.15) is 0 Å². The molecule has 0 radical (unpaired) electrons. The molecule has 3 rings (SSSR count). The van der Waals surface area contributed by atoms with Crippen molar-refractivity contribution in [2.45, 2.75) is 31.9 Å². The summed E-state index contributed by atoms with van der Waals surface area (Å²) in [5, 5.41) is 10.3. The number of ether oxygens (including phenoxy) is 3. The molecule has 0 aromatic heterocycles. The lowest BCUT2D eigenvalue weighted by Gasteiger charge is -2.29. The molecule has 2 atom stereocenters. The minimum atomic E-state index is -0.677. The van der Waals surface area contributed by atoms with Crippen LogP contribution in [0.2, 0.25) is 0 Å². The summed E-state index contributed by atoms with van der Waals surface area (Å²) in [6.45, 7) is 2.33. The minimum absolute atomic E-state index is 0.0966. The topological polar surface area (TPSA) is 85.3 Å². The van der Waals surface area contributed by atoms with E-state index >= 15 is 0 Å². The van der Waals surface area contributed by atoms with Gasteiger partial charge in [0.05, 0.1) is 31.9 Å². The first kappa shape index (κ1) is 18.3. The monoisotopic (exact) mass is 361 g/mol. The summed E-state index contributed by atoms with van der Waals surface area (Å²) in [6, 6.07) is 4.53. The molecule has 140 valence electrons.